The van der Waals surface area contributed by atoms with Crippen molar-refractivity contribution < 1.29 is 18.3 Å². The fourth-order valence-electron chi connectivity index (χ4n) is 1.17. The van der Waals surface area contributed by atoms with Crippen molar-refractivity contribution in [3.63, 3.8) is 0 Å². The Balaban J connectivity index is 3.34. The van der Waals surface area contributed by atoms with Gasteiger partial charge < -0.3 is 10.5 Å². The quantitative estimate of drug-likeness (QED) is 0.657. The second-order valence-corrected chi connectivity index (χ2v) is 3.23. The summed E-state index contributed by atoms with van der Waals surface area (Å²) >= 11 is 5.63. The number of methoxy groups -OCH3 is 1. The lowest BCUT2D eigenvalue weighted by molar-refractivity contribution is 0.0598. The van der Waals surface area contributed by atoms with Gasteiger partial charge in [0.15, 0.2) is 0 Å². The number of alkyl halides is 2. The number of aromatic nitrogens is 1. The summed E-state index contributed by atoms with van der Waals surface area (Å²) in [4.78, 5) is 14.7. The van der Waals surface area contributed by atoms with Gasteiger partial charge in [-0.05, 0) is 11.6 Å². The first-order valence-electron chi connectivity index (χ1n) is 4.27. The Hall–Kier alpha value is -1.27. The molecule has 0 aliphatic heterocycles. The van der Waals surface area contributed by atoms with E-state index in [1.54, 1.807) is 0 Å². The van der Waals surface area contributed by atoms with Gasteiger partial charge in [0.1, 0.15) is 16.4 Å². The van der Waals surface area contributed by atoms with Crippen molar-refractivity contribution in [2.45, 2.75) is 13.0 Å². The number of hydrogen-bond donors (Lipinski definition) is 1. The van der Waals surface area contributed by atoms with E-state index < -0.39 is 18.1 Å². The molecule has 0 fully saturated rings. The standard InChI is InChI=1S/C9H9ClF2N2O2/c1-16-9(15)6-4(3-13)2-5(8(11)12)14-7(6)10/h2,8H,3,13H2,1H3. The summed E-state index contributed by atoms with van der Waals surface area (Å²) in [5.41, 5.74) is 4.94. The van der Waals surface area contributed by atoms with E-state index in [1.165, 1.54) is 0 Å². The number of carbonyl (C=O) groups excluding carboxylic acids is 1. The topological polar surface area (TPSA) is 65.2 Å². The summed E-state index contributed by atoms with van der Waals surface area (Å²) in [5.74, 6) is -0.751. The van der Waals surface area contributed by atoms with Gasteiger partial charge in [0, 0.05) is 6.54 Å². The van der Waals surface area contributed by atoms with Gasteiger partial charge >= 0.3 is 5.97 Å². The van der Waals surface area contributed by atoms with Crippen LogP contribution in [-0.4, -0.2) is 18.1 Å². The number of esters is 1. The molecule has 88 valence electrons. The Labute approximate surface area is 95.4 Å². The second kappa shape index (κ2) is 5.18. The van der Waals surface area contributed by atoms with Gasteiger partial charge in [-0.15, -0.1) is 0 Å². The van der Waals surface area contributed by atoms with Crippen LogP contribution in [0.25, 0.3) is 0 Å². The van der Waals surface area contributed by atoms with Crippen molar-refractivity contribution in [1.29, 1.82) is 0 Å². The Bertz CT molecular complexity index is 413. The maximum atomic E-state index is 12.4. The van der Waals surface area contributed by atoms with Crippen molar-refractivity contribution in [2.75, 3.05) is 7.11 Å². The van der Waals surface area contributed by atoms with Crippen LogP contribution in [0.3, 0.4) is 0 Å². The molecular formula is C9H9ClF2N2O2. The average molecular weight is 251 g/mol. The highest BCUT2D eigenvalue weighted by atomic mass is 35.5. The number of carbonyl (C=O) groups is 1. The lowest BCUT2D eigenvalue weighted by atomic mass is 10.1. The summed E-state index contributed by atoms with van der Waals surface area (Å²) in [6.45, 7) is -0.105. The second-order valence-electron chi connectivity index (χ2n) is 2.87. The first-order valence-corrected chi connectivity index (χ1v) is 4.64. The maximum absolute atomic E-state index is 12.4. The molecule has 0 aromatic carbocycles. The lowest BCUT2D eigenvalue weighted by Crippen LogP contribution is -2.12. The van der Waals surface area contributed by atoms with E-state index in [9.17, 15) is 13.6 Å². The maximum Gasteiger partial charge on any atom is 0.341 e. The van der Waals surface area contributed by atoms with Crippen LogP contribution in [0.1, 0.15) is 28.0 Å². The van der Waals surface area contributed by atoms with Crippen LogP contribution < -0.4 is 5.73 Å². The molecule has 0 aliphatic carbocycles. The normalized spacial score (nSPS) is 10.6. The number of rotatable bonds is 3. The smallest absolute Gasteiger partial charge is 0.341 e. The van der Waals surface area contributed by atoms with Crippen LogP contribution in [0.4, 0.5) is 8.78 Å². The van der Waals surface area contributed by atoms with Gasteiger partial charge in [0.25, 0.3) is 6.43 Å². The van der Waals surface area contributed by atoms with Crippen molar-refractivity contribution >= 4 is 17.6 Å². The predicted octanol–water partition coefficient (Wildman–Crippen LogP) is 1.92. The minimum Gasteiger partial charge on any atom is -0.465 e. The molecule has 1 rings (SSSR count). The van der Waals surface area contributed by atoms with Crippen LogP contribution >= 0.6 is 11.6 Å². The first kappa shape index (κ1) is 12.8. The van der Waals surface area contributed by atoms with Crippen LogP contribution in [0, 0.1) is 0 Å². The minimum atomic E-state index is -2.77. The Morgan fingerprint density at radius 1 is 1.69 bits per heavy atom. The van der Waals surface area contributed by atoms with E-state index in [0.29, 0.717) is 0 Å². The summed E-state index contributed by atoms with van der Waals surface area (Å²) in [7, 11) is 1.15. The highest BCUT2D eigenvalue weighted by molar-refractivity contribution is 6.32. The summed E-state index contributed by atoms with van der Waals surface area (Å²) in [5, 5.41) is -0.329. The molecule has 1 aromatic heterocycles. The van der Waals surface area contributed by atoms with Crippen molar-refractivity contribution in [3.8, 4) is 0 Å². The van der Waals surface area contributed by atoms with Crippen LogP contribution in [0.5, 0.6) is 0 Å². The molecule has 2 N–H and O–H groups in total. The number of halogens is 3. The third-order valence-corrected chi connectivity index (χ3v) is 2.18. The zero-order chi connectivity index (χ0) is 12.3. The zero-order valence-corrected chi connectivity index (χ0v) is 9.09. The number of hydrogen-bond acceptors (Lipinski definition) is 4. The number of ether oxygens (including phenoxy) is 1. The van der Waals surface area contributed by atoms with Gasteiger partial charge in [-0.3, -0.25) is 0 Å². The SMILES string of the molecule is COC(=O)c1c(CN)cc(C(F)F)nc1Cl. The fourth-order valence-corrected chi connectivity index (χ4v) is 1.47. The third kappa shape index (κ3) is 2.45. The molecule has 1 aromatic rings. The third-order valence-electron chi connectivity index (χ3n) is 1.91. The summed E-state index contributed by atoms with van der Waals surface area (Å²) in [6, 6.07) is 1.04. The Morgan fingerprint density at radius 3 is 2.75 bits per heavy atom. The molecule has 0 saturated carbocycles. The molecule has 16 heavy (non-hydrogen) atoms. The molecular weight excluding hydrogens is 242 g/mol. The highest BCUT2D eigenvalue weighted by Gasteiger charge is 2.21. The largest absolute Gasteiger partial charge is 0.465 e. The number of pyridine rings is 1. The van der Waals surface area contributed by atoms with Gasteiger partial charge in [0.05, 0.1) is 7.11 Å². The van der Waals surface area contributed by atoms with Crippen molar-refractivity contribution in [2.24, 2.45) is 5.73 Å². The van der Waals surface area contributed by atoms with E-state index >= 15 is 0 Å². The molecule has 0 amide bonds. The average Bonchev–Trinajstić information content (AvgIpc) is 2.26. The molecule has 7 heteroatoms. The van der Waals surface area contributed by atoms with Gasteiger partial charge in [-0.25, -0.2) is 18.6 Å². The number of nitrogens with two attached hydrogens (primary N) is 1. The molecule has 0 radical (unpaired) electrons. The molecule has 4 nitrogen and oxygen atoms in total. The van der Waals surface area contributed by atoms with Crippen molar-refractivity contribution in [3.05, 3.63) is 28.0 Å². The van der Waals surface area contributed by atoms with Crippen molar-refractivity contribution in [1.82, 2.24) is 4.98 Å². The van der Waals surface area contributed by atoms with Gasteiger partial charge in [0.2, 0.25) is 0 Å². The molecule has 0 bridgehead atoms. The Kier molecular flexibility index (Phi) is 4.14. The van der Waals surface area contributed by atoms with Gasteiger partial charge in [-0.2, -0.15) is 0 Å². The van der Waals surface area contributed by atoms with E-state index in [-0.39, 0.29) is 22.8 Å². The van der Waals surface area contributed by atoms with Crippen LogP contribution in [0.2, 0.25) is 5.15 Å². The highest BCUT2D eigenvalue weighted by Crippen LogP contribution is 2.25. The summed E-state index contributed by atoms with van der Waals surface area (Å²) < 4.78 is 29.3. The lowest BCUT2D eigenvalue weighted by Gasteiger charge is -2.09. The minimum absolute atomic E-state index is 0.0731. The zero-order valence-electron chi connectivity index (χ0n) is 8.34. The van der Waals surface area contributed by atoms with E-state index in [0.717, 1.165) is 13.2 Å². The van der Waals surface area contributed by atoms with Gasteiger partial charge in [-0.1, -0.05) is 11.6 Å². The molecule has 1 heterocycles. The fraction of sp³-hybridized carbons (Fsp3) is 0.333. The molecule has 0 spiro atoms. The monoisotopic (exact) mass is 250 g/mol. The number of nitrogens with zero attached hydrogens (tertiary/aromatic N) is 1. The van der Waals surface area contributed by atoms with Crippen LogP contribution in [0.15, 0.2) is 6.07 Å². The van der Waals surface area contributed by atoms with E-state index in [4.69, 9.17) is 17.3 Å². The van der Waals surface area contributed by atoms with Crippen LogP contribution in [-0.2, 0) is 11.3 Å². The molecule has 0 unspecified atom stereocenters. The Morgan fingerprint density at radius 2 is 2.31 bits per heavy atom. The molecule has 0 atom stereocenters. The first-order chi connectivity index (χ1) is 7.51. The molecule has 0 saturated heterocycles. The summed E-state index contributed by atoms with van der Waals surface area (Å²) in [6.07, 6.45) is -2.77. The predicted molar refractivity (Wildman–Crippen MR) is 53.4 cm³/mol. The van der Waals surface area contributed by atoms with E-state index in [2.05, 4.69) is 9.72 Å². The molecule has 0 aliphatic rings. The van der Waals surface area contributed by atoms with E-state index in [1.807, 2.05) is 0 Å².